The van der Waals surface area contributed by atoms with Crippen LogP contribution in [0.5, 0.6) is 0 Å². The standard InChI is InChI=1S/C16H11FN2O2/c1-8-2-4-10-13(18-8)7-21-15(10)14-11-6-9(17)3-5-12(11)19-16(14)20/h2-6H,7H2,1H3,(H,19,20)/b15-14+. The smallest absolute Gasteiger partial charge is 0.260 e. The molecule has 2 aliphatic heterocycles. The first kappa shape index (κ1) is 12.1. The number of hydrogen-bond donors (Lipinski definition) is 1. The van der Waals surface area contributed by atoms with Crippen LogP contribution in [0, 0.1) is 12.7 Å². The normalized spacial score (nSPS) is 19.0. The number of aryl methyl sites for hydroxylation is 1. The number of nitrogens with zero attached hydrogens (tertiary/aromatic N) is 1. The lowest BCUT2D eigenvalue weighted by Crippen LogP contribution is -2.05. The van der Waals surface area contributed by atoms with Crippen LogP contribution < -0.4 is 5.32 Å². The number of carbonyl (C=O) groups excluding carboxylic acids is 1. The molecular weight excluding hydrogens is 271 g/mol. The fourth-order valence-corrected chi connectivity index (χ4v) is 2.72. The largest absolute Gasteiger partial charge is 0.486 e. The van der Waals surface area contributed by atoms with Crippen LogP contribution in [0.3, 0.4) is 0 Å². The summed E-state index contributed by atoms with van der Waals surface area (Å²) in [5, 5.41) is 2.73. The van der Waals surface area contributed by atoms with E-state index in [0.29, 0.717) is 29.2 Å². The summed E-state index contributed by atoms with van der Waals surface area (Å²) in [7, 11) is 0. The Hall–Kier alpha value is -2.69. The summed E-state index contributed by atoms with van der Waals surface area (Å²) in [5.74, 6) is -0.193. The molecule has 5 heteroatoms. The Labute approximate surface area is 120 Å². The second-order valence-electron chi connectivity index (χ2n) is 5.08. The number of ether oxygens (including phenoxy) is 1. The van der Waals surface area contributed by atoms with E-state index in [1.165, 1.54) is 12.1 Å². The fraction of sp³-hybridized carbons (Fsp3) is 0.125. The van der Waals surface area contributed by atoms with Crippen LogP contribution in [0.4, 0.5) is 10.1 Å². The maximum Gasteiger partial charge on any atom is 0.260 e. The first-order valence-electron chi connectivity index (χ1n) is 6.59. The lowest BCUT2D eigenvalue weighted by molar-refractivity contribution is -0.110. The number of rotatable bonds is 0. The minimum absolute atomic E-state index is 0.279. The number of aromatic nitrogens is 1. The first-order chi connectivity index (χ1) is 10.1. The minimum Gasteiger partial charge on any atom is -0.486 e. The minimum atomic E-state index is -0.386. The van der Waals surface area contributed by atoms with E-state index in [-0.39, 0.29) is 11.7 Å². The molecule has 0 atom stereocenters. The van der Waals surface area contributed by atoms with Crippen LogP contribution in [0.1, 0.15) is 22.5 Å². The number of hydrogen-bond acceptors (Lipinski definition) is 3. The topological polar surface area (TPSA) is 51.2 Å². The zero-order valence-corrected chi connectivity index (χ0v) is 11.2. The number of carbonyl (C=O) groups is 1. The van der Waals surface area contributed by atoms with Crippen molar-refractivity contribution in [3.05, 3.63) is 58.7 Å². The zero-order chi connectivity index (χ0) is 14.6. The molecular formula is C16H11FN2O2. The number of benzene rings is 1. The molecule has 0 radical (unpaired) electrons. The van der Waals surface area contributed by atoms with Gasteiger partial charge < -0.3 is 10.1 Å². The van der Waals surface area contributed by atoms with Gasteiger partial charge in [-0.05, 0) is 37.3 Å². The molecule has 0 aliphatic carbocycles. The van der Waals surface area contributed by atoms with Gasteiger partial charge in [-0.15, -0.1) is 0 Å². The summed E-state index contributed by atoms with van der Waals surface area (Å²) in [5.41, 5.74) is 3.99. The van der Waals surface area contributed by atoms with Crippen LogP contribution in [-0.4, -0.2) is 10.9 Å². The Bertz CT molecular complexity index is 827. The molecule has 2 aliphatic rings. The molecule has 0 fully saturated rings. The van der Waals surface area contributed by atoms with Crippen molar-refractivity contribution < 1.29 is 13.9 Å². The summed E-state index contributed by atoms with van der Waals surface area (Å²) < 4.78 is 19.1. The number of halogens is 1. The van der Waals surface area contributed by atoms with Gasteiger partial charge in [-0.3, -0.25) is 9.78 Å². The van der Waals surface area contributed by atoms with Gasteiger partial charge in [0.25, 0.3) is 5.91 Å². The van der Waals surface area contributed by atoms with E-state index in [2.05, 4.69) is 10.3 Å². The van der Waals surface area contributed by atoms with E-state index in [1.807, 2.05) is 19.1 Å². The van der Waals surface area contributed by atoms with Crippen LogP contribution in [0.25, 0.3) is 11.3 Å². The van der Waals surface area contributed by atoms with Gasteiger partial charge in [-0.1, -0.05) is 0 Å². The third kappa shape index (κ3) is 1.74. The Morgan fingerprint density at radius 1 is 1.24 bits per heavy atom. The maximum atomic E-state index is 13.5. The van der Waals surface area contributed by atoms with Crippen molar-refractivity contribution in [2.75, 3.05) is 5.32 Å². The first-order valence-corrected chi connectivity index (χ1v) is 6.59. The number of fused-ring (bicyclic) bond motifs is 2. The predicted molar refractivity (Wildman–Crippen MR) is 75.6 cm³/mol. The molecule has 0 saturated carbocycles. The molecule has 1 aromatic carbocycles. The lowest BCUT2D eigenvalue weighted by atomic mass is 10.0. The SMILES string of the molecule is Cc1ccc2c(n1)CO/C2=C1/C(=O)Nc2ccc(F)cc21. The highest BCUT2D eigenvalue weighted by atomic mass is 19.1. The molecule has 1 amide bonds. The number of anilines is 1. The molecule has 21 heavy (non-hydrogen) atoms. The third-order valence-electron chi connectivity index (χ3n) is 3.66. The summed E-state index contributed by atoms with van der Waals surface area (Å²) in [6.45, 7) is 2.23. The van der Waals surface area contributed by atoms with E-state index in [0.717, 1.165) is 17.0 Å². The van der Waals surface area contributed by atoms with Gasteiger partial charge in [0.15, 0.2) is 0 Å². The van der Waals surface area contributed by atoms with Crippen LogP contribution in [-0.2, 0) is 16.1 Å². The molecule has 0 saturated heterocycles. The molecule has 4 rings (SSSR count). The highest BCUT2D eigenvalue weighted by molar-refractivity contribution is 6.36. The average Bonchev–Trinajstić information content (AvgIpc) is 2.98. The summed E-state index contributed by atoms with van der Waals surface area (Å²) in [6, 6.07) is 7.98. The molecule has 2 aromatic rings. The van der Waals surface area contributed by atoms with Crippen LogP contribution >= 0.6 is 0 Å². The van der Waals surface area contributed by atoms with E-state index in [4.69, 9.17) is 4.74 Å². The number of nitrogens with one attached hydrogen (secondary N) is 1. The Balaban J connectivity index is 1.96. The molecule has 0 bridgehead atoms. The summed E-state index contributed by atoms with van der Waals surface area (Å²) in [4.78, 5) is 16.6. The van der Waals surface area contributed by atoms with Crippen molar-refractivity contribution in [1.29, 1.82) is 0 Å². The third-order valence-corrected chi connectivity index (χ3v) is 3.66. The molecule has 4 nitrogen and oxygen atoms in total. The average molecular weight is 282 g/mol. The Morgan fingerprint density at radius 2 is 2.10 bits per heavy atom. The van der Waals surface area contributed by atoms with E-state index < -0.39 is 0 Å². The molecule has 1 N–H and O–H groups in total. The lowest BCUT2D eigenvalue weighted by Gasteiger charge is -2.04. The van der Waals surface area contributed by atoms with Crippen molar-refractivity contribution in [2.45, 2.75) is 13.5 Å². The van der Waals surface area contributed by atoms with Gasteiger partial charge >= 0.3 is 0 Å². The van der Waals surface area contributed by atoms with Gasteiger partial charge in [0, 0.05) is 22.5 Å². The van der Waals surface area contributed by atoms with Crippen molar-refractivity contribution in [1.82, 2.24) is 4.98 Å². The van der Waals surface area contributed by atoms with Gasteiger partial charge in [-0.2, -0.15) is 0 Å². The maximum absolute atomic E-state index is 13.5. The second kappa shape index (κ2) is 4.15. The number of amides is 1. The van der Waals surface area contributed by atoms with Gasteiger partial charge in [0.1, 0.15) is 18.2 Å². The zero-order valence-electron chi connectivity index (χ0n) is 11.2. The van der Waals surface area contributed by atoms with Crippen LogP contribution in [0.15, 0.2) is 30.3 Å². The van der Waals surface area contributed by atoms with E-state index in [9.17, 15) is 9.18 Å². The van der Waals surface area contributed by atoms with Crippen molar-refractivity contribution >= 4 is 22.9 Å². The highest BCUT2D eigenvalue weighted by Crippen LogP contribution is 2.41. The molecule has 104 valence electrons. The van der Waals surface area contributed by atoms with E-state index >= 15 is 0 Å². The number of pyridine rings is 1. The van der Waals surface area contributed by atoms with Crippen LogP contribution in [0.2, 0.25) is 0 Å². The summed E-state index contributed by atoms with van der Waals surface area (Å²) in [6.07, 6.45) is 0. The Kier molecular flexibility index (Phi) is 2.39. The van der Waals surface area contributed by atoms with E-state index in [1.54, 1.807) is 6.07 Å². The second-order valence-corrected chi connectivity index (χ2v) is 5.08. The van der Waals surface area contributed by atoms with Crippen molar-refractivity contribution in [3.63, 3.8) is 0 Å². The van der Waals surface area contributed by atoms with Gasteiger partial charge in [0.2, 0.25) is 0 Å². The van der Waals surface area contributed by atoms with Gasteiger partial charge in [0.05, 0.1) is 11.3 Å². The predicted octanol–water partition coefficient (Wildman–Crippen LogP) is 2.88. The molecule has 3 heterocycles. The molecule has 0 spiro atoms. The molecule has 0 unspecified atom stereocenters. The van der Waals surface area contributed by atoms with Gasteiger partial charge in [-0.25, -0.2) is 4.39 Å². The fourth-order valence-electron chi connectivity index (χ4n) is 2.72. The Morgan fingerprint density at radius 3 is 2.95 bits per heavy atom. The molecule has 1 aromatic heterocycles. The monoisotopic (exact) mass is 282 g/mol. The van der Waals surface area contributed by atoms with Crippen molar-refractivity contribution in [3.8, 4) is 0 Å². The quantitative estimate of drug-likeness (QED) is 0.756. The highest BCUT2D eigenvalue weighted by Gasteiger charge is 2.33. The van der Waals surface area contributed by atoms with Crippen molar-refractivity contribution in [2.24, 2.45) is 0 Å². The summed E-state index contributed by atoms with van der Waals surface area (Å²) >= 11 is 0.